The smallest absolute Gasteiger partial charge is 2.00 e. The summed E-state index contributed by atoms with van der Waals surface area (Å²) in [5, 5.41) is 0. The topological polar surface area (TPSA) is 138 Å². The minimum absolute atomic E-state index is 0. The quantitative estimate of drug-likeness (QED) is 0.288. The Bertz CT molecular complexity index is 28.5. The van der Waals surface area contributed by atoms with Gasteiger partial charge in [-0.2, -0.15) is 0 Å². The van der Waals surface area contributed by atoms with Crippen molar-refractivity contribution in [3.63, 3.8) is 0 Å². The molecule has 0 amide bonds. The van der Waals surface area contributed by atoms with Gasteiger partial charge in [-0.15, -0.1) is 0 Å². The molecule has 0 aliphatic carbocycles. The predicted octanol–water partition coefficient (Wildman–Crippen LogP) is -5.84. The first-order valence-electron chi connectivity index (χ1n) is 0.894. The van der Waals surface area contributed by atoms with E-state index >= 15 is 0 Å². The van der Waals surface area contributed by atoms with Gasteiger partial charge in [-0.05, 0) is 0 Å². The van der Waals surface area contributed by atoms with Crippen LogP contribution < -0.4 is 29.6 Å². The van der Waals surface area contributed by atoms with Crippen LogP contribution in [0.4, 0.5) is 0 Å². The minimum Gasteiger partial charge on any atom is -2.00 e. The van der Waals surface area contributed by atoms with Gasteiger partial charge in [-0.25, -0.2) is 0 Å². The maximum absolute atomic E-state index is 7.33. The molecule has 0 rings (SSSR count). The van der Waals surface area contributed by atoms with Gasteiger partial charge in [-0.1, -0.05) is 0 Å². The van der Waals surface area contributed by atoms with E-state index in [4.69, 9.17) is 19.2 Å². The molecule has 48 valence electrons. The molecule has 4 N–H and O–H groups in total. The average molecular weight is 199 g/mol. The first-order valence-corrected chi connectivity index (χ1v) is 2.68. The van der Waals surface area contributed by atoms with Gasteiger partial charge in [-0.3, -0.25) is 0 Å². The van der Waals surface area contributed by atoms with Crippen LogP contribution in [0.25, 0.3) is 0 Å². The fourth-order valence-corrected chi connectivity index (χ4v) is 0. The number of rotatable bonds is 0. The molecule has 0 fully saturated rings. The number of hydrogen-bond donors (Lipinski definition) is 4. The Morgan fingerprint density at radius 2 is 0.778 bits per heavy atom. The van der Waals surface area contributed by atoms with E-state index in [1.165, 1.54) is 0 Å². The van der Waals surface area contributed by atoms with Crippen molar-refractivity contribution in [3.8, 4) is 0 Å². The molecule has 9 heavy (non-hydrogen) atoms. The van der Waals surface area contributed by atoms with Crippen LogP contribution in [-0.2, 0) is 32.7 Å². The summed E-state index contributed by atoms with van der Waals surface area (Å²) in [4.78, 5) is 29.3. The third kappa shape index (κ3) is 200. The van der Waals surface area contributed by atoms with Gasteiger partial charge in [0.1, 0.15) is 0 Å². The largest absolute Gasteiger partial charge is 4.00 e. The fourth-order valence-electron chi connectivity index (χ4n) is 0. The molecule has 0 aliphatic heterocycles. The van der Waals surface area contributed by atoms with E-state index in [2.05, 4.69) is 0 Å². The Morgan fingerprint density at radius 1 is 0.778 bits per heavy atom. The first-order chi connectivity index (χ1) is 2.00. The molecule has 6 nitrogen and oxygen atoms in total. The SMILES string of the molecule is O[Si](O)(O)O.[Na+].[O-2].[O-2].[Ti+4]. The van der Waals surface area contributed by atoms with Crippen LogP contribution >= 0.6 is 0 Å². The molecule has 0 aromatic heterocycles. The van der Waals surface area contributed by atoms with Crippen molar-refractivity contribution in [2.75, 3.05) is 0 Å². The Labute approximate surface area is 89.8 Å². The summed E-state index contributed by atoms with van der Waals surface area (Å²) in [5.74, 6) is 0. The van der Waals surface area contributed by atoms with E-state index in [-0.39, 0.29) is 62.2 Å². The molecule has 9 heteroatoms. The van der Waals surface area contributed by atoms with Gasteiger partial charge in [0.2, 0.25) is 0 Å². The standard InChI is InChI=1S/Na.H4O4Si.2O.Ti/c;1-5(2,3)4;;;/h;1-4H;;;/q+1;;2*-2;+4. The van der Waals surface area contributed by atoms with Crippen LogP contribution in [0.15, 0.2) is 0 Å². The molecule has 0 spiro atoms. The summed E-state index contributed by atoms with van der Waals surface area (Å²) in [7, 11) is -4.61. The summed E-state index contributed by atoms with van der Waals surface area (Å²) in [6.07, 6.45) is 0. The fraction of sp³-hybridized carbons (Fsp3) is 0. The van der Waals surface area contributed by atoms with Crippen LogP contribution in [-0.4, -0.2) is 28.2 Å². The molecule has 0 aromatic carbocycles. The third-order valence-corrected chi connectivity index (χ3v) is 0. The van der Waals surface area contributed by atoms with Crippen molar-refractivity contribution in [2.24, 2.45) is 0 Å². The summed E-state index contributed by atoms with van der Waals surface area (Å²) >= 11 is 0. The van der Waals surface area contributed by atoms with Crippen LogP contribution in [0.5, 0.6) is 0 Å². The Hall–Kier alpha value is 1.69. The first kappa shape index (κ1) is 31.0. The Morgan fingerprint density at radius 3 is 0.778 bits per heavy atom. The second-order valence-electron chi connectivity index (χ2n) is 0.600. The Kier molecular flexibility index (Phi) is 42.6. The molecular formula is H4NaO6SiTi+. The Balaban J connectivity index is -0.0000000133. The van der Waals surface area contributed by atoms with Crippen LogP contribution in [0, 0.1) is 0 Å². The van der Waals surface area contributed by atoms with E-state index in [0.29, 0.717) is 0 Å². The molecule has 0 saturated heterocycles. The normalized spacial score (nSPS) is 6.67. The van der Waals surface area contributed by atoms with E-state index < -0.39 is 9.05 Å². The number of hydrogen-bond acceptors (Lipinski definition) is 4. The van der Waals surface area contributed by atoms with Gasteiger partial charge < -0.3 is 30.1 Å². The van der Waals surface area contributed by atoms with Gasteiger partial charge in [0.05, 0.1) is 0 Å². The summed E-state index contributed by atoms with van der Waals surface area (Å²) in [6, 6.07) is 0. The van der Waals surface area contributed by atoms with Crippen molar-refractivity contribution in [3.05, 3.63) is 0 Å². The summed E-state index contributed by atoms with van der Waals surface area (Å²) in [6.45, 7) is 0. The molecule has 0 radical (unpaired) electrons. The maximum atomic E-state index is 7.33. The summed E-state index contributed by atoms with van der Waals surface area (Å²) in [5.41, 5.74) is 0. The van der Waals surface area contributed by atoms with Crippen molar-refractivity contribution >= 4 is 9.05 Å². The predicted molar refractivity (Wildman–Crippen MR) is 16.0 cm³/mol. The molecule has 0 heterocycles. The van der Waals surface area contributed by atoms with Crippen LogP contribution in [0.3, 0.4) is 0 Å². The van der Waals surface area contributed by atoms with E-state index in [0.717, 1.165) is 0 Å². The molecule has 0 bridgehead atoms. The van der Waals surface area contributed by atoms with Crippen LogP contribution in [0.1, 0.15) is 0 Å². The summed E-state index contributed by atoms with van der Waals surface area (Å²) < 4.78 is 0. The molecule has 0 unspecified atom stereocenters. The minimum atomic E-state index is -4.61. The van der Waals surface area contributed by atoms with Crippen molar-refractivity contribution in [1.29, 1.82) is 0 Å². The van der Waals surface area contributed by atoms with Gasteiger partial charge in [0.25, 0.3) is 0 Å². The van der Waals surface area contributed by atoms with Gasteiger partial charge >= 0.3 is 60.3 Å². The zero-order chi connectivity index (χ0) is 4.50. The third-order valence-electron chi connectivity index (χ3n) is 0. The van der Waals surface area contributed by atoms with E-state index in [1.54, 1.807) is 0 Å². The molecule has 0 atom stereocenters. The van der Waals surface area contributed by atoms with Crippen LogP contribution in [0.2, 0.25) is 0 Å². The van der Waals surface area contributed by atoms with E-state index in [1.807, 2.05) is 0 Å². The second kappa shape index (κ2) is 12.4. The maximum Gasteiger partial charge on any atom is 4.00 e. The second-order valence-corrected chi connectivity index (χ2v) is 1.80. The van der Waals surface area contributed by atoms with Crippen molar-refractivity contribution in [1.82, 2.24) is 0 Å². The zero-order valence-corrected chi connectivity index (χ0v) is 9.17. The van der Waals surface area contributed by atoms with Crippen molar-refractivity contribution < 1.29 is 81.4 Å². The zero-order valence-electron chi connectivity index (χ0n) is 4.61. The molecule has 0 saturated carbocycles. The van der Waals surface area contributed by atoms with Gasteiger partial charge in [0, 0.05) is 0 Å². The van der Waals surface area contributed by atoms with E-state index in [9.17, 15) is 0 Å². The molecular weight excluding hydrogens is 195 g/mol. The van der Waals surface area contributed by atoms with Gasteiger partial charge in [0.15, 0.2) is 0 Å². The molecule has 0 aromatic rings. The van der Waals surface area contributed by atoms with Crippen molar-refractivity contribution in [2.45, 2.75) is 0 Å². The molecule has 0 aliphatic rings. The monoisotopic (exact) mass is 199 g/mol. The average Bonchev–Trinajstić information content (AvgIpc) is 0.722.